The number of methoxy groups -OCH3 is 1. The summed E-state index contributed by atoms with van der Waals surface area (Å²) in [6.07, 6.45) is -0.748. The molecule has 6 heteroatoms. The van der Waals surface area contributed by atoms with E-state index in [4.69, 9.17) is 23.7 Å². The lowest BCUT2D eigenvalue weighted by molar-refractivity contribution is -0.375. The standard InChI is InChI=1S/C13H22O6/c1-6-8(14)4-10-13(17-6)19-12-7(2)16-11(15-3)5-9(12)18-10/h6-14H,4-5H2,1-3H3. The van der Waals surface area contributed by atoms with E-state index in [1.54, 1.807) is 7.11 Å². The summed E-state index contributed by atoms with van der Waals surface area (Å²) >= 11 is 0. The molecular weight excluding hydrogens is 252 g/mol. The zero-order valence-electron chi connectivity index (χ0n) is 11.5. The summed E-state index contributed by atoms with van der Waals surface area (Å²) < 4.78 is 28.6. The molecule has 8 atom stereocenters. The predicted molar refractivity (Wildman–Crippen MR) is 64.5 cm³/mol. The highest BCUT2D eigenvalue weighted by Crippen LogP contribution is 2.36. The Kier molecular flexibility index (Phi) is 3.81. The first-order valence-corrected chi connectivity index (χ1v) is 6.91. The van der Waals surface area contributed by atoms with Crippen molar-refractivity contribution in [3.8, 4) is 0 Å². The fourth-order valence-corrected chi connectivity index (χ4v) is 3.03. The molecule has 0 radical (unpaired) electrons. The molecule has 0 aromatic rings. The van der Waals surface area contributed by atoms with Crippen LogP contribution in [0.1, 0.15) is 26.7 Å². The average Bonchev–Trinajstić information content (AvgIpc) is 2.38. The van der Waals surface area contributed by atoms with Crippen LogP contribution in [0, 0.1) is 0 Å². The van der Waals surface area contributed by atoms with E-state index in [1.165, 1.54) is 0 Å². The Morgan fingerprint density at radius 1 is 0.947 bits per heavy atom. The van der Waals surface area contributed by atoms with Crippen LogP contribution >= 0.6 is 0 Å². The summed E-state index contributed by atoms with van der Waals surface area (Å²) in [5.74, 6) is 0. The molecule has 0 spiro atoms. The number of aliphatic hydroxyl groups excluding tert-OH is 1. The highest BCUT2D eigenvalue weighted by Gasteiger charge is 2.49. The number of ether oxygens (including phenoxy) is 5. The predicted octanol–water partition coefficient (Wildman–Crippen LogP) is 0.416. The molecule has 3 aliphatic heterocycles. The zero-order valence-corrected chi connectivity index (χ0v) is 11.5. The van der Waals surface area contributed by atoms with E-state index >= 15 is 0 Å². The van der Waals surface area contributed by atoms with Crippen molar-refractivity contribution >= 4 is 0 Å². The number of hydrogen-bond acceptors (Lipinski definition) is 6. The molecule has 19 heavy (non-hydrogen) atoms. The summed E-state index contributed by atoms with van der Waals surface area (Å²) in [6.45, 7) is 3.80. The molecule has 0 aromatic heterocycles. The van der Waals surface area contributed by atoms with Crippen molar-refractivity contribution in [2.45, 2.75) is 75.9 Å². The van der Waals surface area contributed by atoms with Crippen LogP contribution in [0.15, 0.2) is 0 Å². The lowest BCUT2D eigenvalue weighted by atomic mass is 9.97. The number of aliphatic hydroxyl groups is 1. The van der Waals surface area contributed by atoms with Crippen LogP contribution in [0.2, 0.25) is 0 Å². The van der Waals surface area contributed by atoms with Gasteiger partial charge in [-0.1, -0.05) is 0 Å². The van der Waals surface area contributed by atoms with Gasteiger partial charge in [0.05, 0.1) is 24.4 Å². The van der Waals surface area contributed by atoms with Crippen LogP contribution in [0.25, 0.3) is 0 Å². The van der Waals surface area contributed by atoms with Gasteiger partial charge in [0.15, 0.2) is 12.6 Å². The molecule has 3 heterocycles. The van der Waals surface area contributed by atoms with Gasteiger partial charge in [0, 0.05) is 20.0 Å². The molecule has 3 aliphatic rings. The van der Waals surface area contributed by atoms with Gasteiger partial charge in [0.1, 0.15) is 12.2 Å². The minimum atomic E-state index is -0.503. The zero-order chi connectivity index (χ0) is 13.6. The number of hydrogen-bond donors (Lipinski definition) is 1. The molecule has 3 saturated heterocycles. The van der Waals surface area contributed by atoms with Crippen molar-refractivity contribution in [3.63, 3.8) is 0 Å². The number of fused-ring (bicyclic) bond motifs is 2. The molecular formula is C13H22O6. The van der Waals surface area contributed by atoms with Crippen molar-refractivity contribution in [1.29, 1.82) is 0 Å². The normalized spacial score (nSPS) is 54.3. The first-order chi connectivity index (χ1) is 9.08. The number of rotatable bonds is 1. The van der Waals surface area contributed by atoms with Crippen molar-refractivity contribution in [1.82, 2.24) is 0 Å². The Bertz CT molecular complexity index is 324. The van der Waals surface area contributed by atoms with Gasteiger partial charge < -0.3 is 28.8 Å². The minimum Gasteiger partial charge on any atom is -0.390 e. The van der Waals surface area contributed by atoms with Crippen LogP contribution in [-0.2, 0) is 23.7 Å². The lowest BCUT2D eigenvalue weighted by Gasteiger charge is -2.50. The molecule has 0 amide bonds. The third-order valence-electron chi connectivity index (χ3n) is 4.19. The quantitative estimate of drug-likeness (QED) is 0.747. The molecule has 3 rings (SSSR count). The van der Waals surface area contributed by atoms with Gasteiger partial charge >= 0.3 is 0 Å². The van der Waals surface area contributed by atoms with E-state index in [1.807, 2.05) is 13.8 Å². The molecule has 6 nitrogen and oxygen atoms in total. The van der Waals surface area contributed by atoms with Crippen molar-refractivity contribution in [3.05, 3.63) is 0 Å². The van der Waals surface area contributed by atoms with Gasteiger partial charge in [0.2, 0.25) is 0 Å². The molecule has 0 bridgehead atoms. The van der Waals surface area contributed by atoms with Crippen LogP contribution in [0.4, 0.5) is 0 Å². The Hall–Kier alpha value is -0.240. The van der Waals surface area contributed by atoms with Crippen LogP contribution in [0.3, 0.4) is 0 Å². The van der Waals surface area contributed by atoms with E-state index in [0.717, 1.165) is 0 Å². The average molecular weight is 274 g/mol. The van der Waals surface area contributed by atoms with Crippen molar-refractivity contribution in [2.24, 2.45) is 0 Å². The van der Waals surface area contributed by atoms with Gasteiger partial charge in [-0.15, -0.1) is 0 Å². The SMILES string of the molecule is COC1CC2OC3CC(O)C(C)OC3OC2C(C)O1. The second kappa shape index (κ2) is 5.27. The fourth-order valence-electron chi connectivity index (χ4n) is 3.03. The van der Waals surface area contributed by atoms with E-state index in [9.17, 15) is 5.11 Å². The maximum atomic E-state index is 9.85. The van der Waals surface area contributed by atoms with Crippen molar-refractivity contribution < 1.29 is 28.8 Å². The first kappa shape index (κ1) is 13.7. The van der Waals surface area contributed by atoms with Gasteiger partial charge in [-0.2, -0.15) is 0 Å². The van der Waals surface area contributed by atoms with Gasteiger partial charge in [-0.25, -0.2) is 0 Å². The molecule has 0 aliphatic carbocycles. The maximum absolute atomic E-state index is 9.85. The lowest BCUT2D eigenvalue weighted by Crippen LogP contribution is -2.61. The molecule has 8 unspecified atom stereocenters. The maximum Gasteiger partial charge on any atom is 0.184 e. The van der Waals surface area contributed by atoms with E-state index in [2.05, 4.69) is 0 Å². The molecule has 0 saturated carbocycles. The Morgan fingerprint density at radius 3 is 2.47 bits per heavy atom. The van der Waals surface area contributed by atoms with Gasteiger partial charge in [-0.3, -0.25) is 0 Å². The Labute approximate surface area is 112 Å². The summed E-state index contributed by atoms with van der Waals surface area (Å²) in [7, 11) is 1.62. The van der Waals surface area contributed by atoms with Gasteiger partial charge in [0.25, 0.3) is 0 Å². The summed E-state index contributed by atoms with van der Waals surface area (Å²) in [4.78, 5) is 0. The summed E-state index contributed by atoms with van der Waals surface area (Å²) in [5.41, 5.74) is 0. The molecule has 0 aromatic carbocycles. The smallest absolute Gasteiger partial charge is 0.184 e. The topological polar surface area (TPSA) is 66.4 Å². The molecule has 1 N–H and O–H groups in total. The highest BCUT2D eigenvalue weighted by molar-refractivity contribution is 4.91. The monoisotopic (exact) mass is 274 g/mol. The molecule has 3 fully saturated rings. The highest BCUT2D eigenvalue weighted by atomic mass is 16.8. The minimum absolute atomic E-state index is 0.0702. The second-order valence-corrected chi connectivity index (χ2v) is 5.57. The first-order valence-electron chi connectivity index (χ1n) is 6.91. The largest absolute Gasteiger partial charge is 0.390 e. The van der Waals surface area contributed by atoms with Crippen LogP contribution < -0.4 is 0 Å². The third kappa shape index (κ3) is 2.53. The molecule has 110 valence electrons. The fraction of sp³-hybridized carbons (Fsp3) is 1.00. The van der Waals surface area contributed by atoms with E-state index < -0.39 is 12.4 Å². The second-order valence-electron chi connectivity index (χ2n) is 5.57. The third-order valence-corrected chi connectivity index (χ3v) is 4.19. The Balaban J connectivity index is 1.70. The van der Waals surface area contributed by atoms with Gasteiger partial charge in [-0.05, 0) is 13.8 Å². The van der Waals surface area contributed by atoms with Crippen LogP contribution in [0.5, 0.6) is 0 Å². The van der Waals surface area contributed by atoms with E-state index in [-0.39, 0.29) is 36.8 Å². The van der Waals surface area contributed by atoms with Crippen LogP contribution in [-0.4, -0.2) is 61.4 Å². The summed E-state index contributed by atoms with van der Waals surface area (Å²) in [6, 6.07) is 0. The summed E-state index contributed by atoms with van der Waals surface area (Å²) in [5, 5.41) is 9.85. The van der Waals surface area contributed by atoms with Crippen molar-refractivity contribution in [2.75, 3.05) is 7.11 Å². The Morgan fingerprint density at radius 2 is 1.74 bits per heavy atom. The van der Waals surface area contributed by atoms with E-state index in [0.29, 0.717) is 12.8 Å².